The van der Waals surface area contributed by atoms with Crippen LogP contribution < -0.4 is 5.32 Å². The average Bonchev–Trinajstić information content (AvgIpc) is 2.51. The molecule has 1 rings (SSSR count). The number of hydrogen-bond donors (Lipinski definition) is 1. The van der Waals surface area contributed by atoms with Gasteiger partial charge in [0.1, 0.15) is 0 Å². The van der Waals surface area contributed by atoms with E-state index >= 15 is 0 Å². The third kappa shape index (κ3) is 5.76. The summed E-state index contributed by atoms with van der Waals surface area (Å²) in [6, 6.07) is 0.718. The van der Waals surface area contributed by atoms with E-state index in [1.165, 1.54) is 51.1 Å². The first-order valence-corrected chi connectivity index (χ1v) is 10.0. The molecule has 0 radical (unpaired) electrons. The summed E-state index contributed by atoms with van der Waals surface area (Å²) in [6.07, 6.45) is 5.46. The highest BCUT2D eigenvalue weighted by atomic mass is 32.2. The van der Waals surface area contributed by atoms with Gasteiger partial charge in [0.05, 0.1) is 0 Å². The van der Waals surface area contributed by atoms with Gasteiger partial charge in [0.2, 0.25) is 0 Å². The molecule has 3 atom stereocenters. The molecular formula is C18H38N2S. The van der Waals surface area contributed by atoms with E-state index in [2.05, 4.69) is 63.6 Å². The third-order valence-electron chi connectivity index (χ3n) is 5.81. The van der Waals surface area contributed by atoms with E-state index in [1.54, 1.807) is 0 Å². The standard InChI is InChI=1S/C18H38N2S/c1-7-18(4,5)15-10-11-16(19-6)17(14-15)21-13-12-20(8-2)9-3/h15-17,19H,7-14H2,1-6H3. The molecule has 21 heavy (non-hydrogen) atoms. The average molecular weight is 315 g/mol. The van der Waals surface area contributed by atoms with Crippen molar-refractivity contribution in [1.82, 2.24) is 10.2 Å². The van der Waals surface area contributed by atoms with Crippen LogP contribution in [0.5, 0.6) is 0 Å². The number of nitrogens with zero attached hydrogens (tertiary/aromatic N) is 1. The van der Waals surface area contributed by atoms with Gasteiger partial charge in [0, 0.05) is 23.6 Å². The molecule has 0 spiro atoms. The van der Waals surface area contributed by atoms with Crippen LogP contribution in [0.3, 0.4) is 0 Å². The van der Waals surface area contributed by atoms with E-state index in [0.717, 1.165) is 17.2 Å². The molecule has 126 valence electrons. The summed E-state index contributed by atoms with van der Waals surface area (Å²) >= 11 is 2.22. The summed E-state index contributed by atoms with van der Waals surface area (Å²) in [5, 5.41) is 4.38. The molecule has 0 aromatic heterocycles. The molecule has 2 nitrogen and oxygen atoms in total. The van der Waals surface area contributed by atoms with E-state index in [-0.39, 0.29) is 0 Å². The smallest absolute Gasteiger partial charge is 0.0204 e. The summed E-state index contributed by atoms with van der Waals surface area (Å²) in [5.74, 6) is 2.18. The Hall–Kier alpha value is 0.270. The van der Waals surface area contributed by atoms with E-state index in [0.29, 0.717) is 5.41 Å². The Bertz CT molecular complexity index is 276. The van der Waals surface area contributed by atoms with Gasteiger partial charge in [0.15, 0.2) is 0 Å². The van der Waals surface area contributed by atoms with E-state index < -0.39 is 0 Å². The predicted octanol–water partition coefficient (Wildman–Crippen LogP) is 4.25. The van der Waals surface area contributed by atoms with Crippen LogP contribution in [-0.2, 0) is 0 Å². The topological polar surface area (TPSA) is 15.3 Å². The zero-order valence-electron chi connectivity index (χ0n) is 15.2. The van der Waals surface area contributed by atoms with E-state index in [9.17, 15) is 0 Å². The zero-order chi connectivity index (χ0) is 15.9. The highest BCUT2D eigenvalue weighted by Crippen LogP contribution is 2.43. The van der Waals surface area contributed by atoms with Crippen LogP contribution in [-0.4, -0.2) is 48.6 Å². The number of thioether (sulfide) groups is 1. The van der Waals surface area contributed by atoms with Crippen molar-refractivity contribution in [3.05, 3.63) is 0 Å². The second-order valence-electron chi connectivity index (χ2n) is 7.18. The monoisotopic (exact) mass is 314 g/mol. The first kappa shape index (κ1) is 19.3. The van der Waals surface area contributed by atoms with Gasteiger partial charge in [-0.2, -0.15) is 11.8 Å². The van der Waals surface area contributed by atoms with Crippen molar-refractivity contribution in [3.8, 4) is 0 Å². The van der Waals surface area contributed by atoms with Crippen molar-refractivity contribution in [2.24, 2.45) is 11.3 Å². The molecule has 1 N–H and O–H groups in total. The summed E-state index contributed by atoms with van der Waals surface area (Å²) in [7, 11) is 2.15. The first-order chi connectivity index (χ1) is 9.98. The molecule has 0 amide bonds. The quantitative estimate of drug-likeness (QED) is 0.685. The number of rotatable bonds is 9. The Labute approximate surface area is 137 Å². The van der Waals surface area contributed by atoms with Crippen molar-refractivity contribution < 1.29 is 0 Å². The lowest BCUT2D eigenvalue weighted by Gasteiger charge is -2.43. The van der Waals surface area contributed by atoms with Gasteiger partial charge in [-0.15, -0.1) is 0 Å². The highest BCUT2D eigenvalue weighted by molar-refractivity contribution is 8.00. The molecule has 0 heterocycles. The molecule has 1 saturated carbocycles. The highest BCUT2D eigenvalue weighted by Gasteiger charge is 2.36. The van der Waals surface area contributed by atoms with E-state index in [4.69, 9.17) is 0 Å². The van der Waals surface area contributed by atoms with Crippen molar-refractivity contribution in [2.45, 2.75) is 71.6 Å². The Kier molecular flexibility index (Phi) is 8.66. The lowest BCUT2D eigenvalue weighted by atomic mass is 9.68. The van der Waals surface area contributed by atoms with Crippen LogP contribution in [0, 0.1) is 11.3 Å². The van der Waals surface area contributed by atoms with Crippen LogP contribution in [0.15, 0.2) is 0 Å². The Morgan fingerprint density at radius 1 is 1.14 bits per heavy atom. The maximum absolute atomic E-state index is 3.58. The van der Waals surface area contributed by atoms with Crippen LogP contribution in [0.2, 0.25) is 0 Å². The molecule has 0 aromatic carbocycles. The molecule has 0 saturated heterocycles. The minimum Gasteiger partial charge on any atom is -0.316 e. The molecule has 0 aromatic rings. The summed E-state index contributed by atoms with van der Waals surface area (Å²) < 4.78 is 0. The van der Waals surface area contributed by atoms with Gasteiger partial charge >= 0.3 is 0 Å². The molecule has 0 aliphatic heterocycles. The van der Waals surface area contributed by atoms with Crippen molar-refractivity contribution in [2.75, 3.05) is 32.4 Å². The Balaban J connectivity index is 2.51. The Morgan fingerprint density at radius 3 is 2.33 bits per heavy atom. The third-order valence-corrected chi connectivity index (χ3v) is 7.18. The van der Waals surface area contributed by atoms with Crippen molar-refractivity contribution in [3.63, 3.8) is 0 Å². The molecule has 3 heteroatoms. The second-order valence-corrected chi connectivity index (χ2v) is 8.53. The fourth-order valence-electron chi connectivity index (χ4n) is 3.52. The van der Waals surface area contributed by atoms with Crippen molar-refractivity contribution in [1.29, 1.82) is 0 Å². The fraction of sp³-hybridized carbons (Fsp3) is 1.00. The SMILES string of the molecule is CCN(CC)CCSC1CC(C(C)(C)CC)CCC1NC. The molecular weight excluding hydrogens is 276 g/mol. The van der Waals surface area contributed by atoms with Crippen LogP contribution >= 0.6 is 11.8 Å². The summed E-state index contributed by atoms with van der Waals surface area (Å²) in [6.45, 7) is 15.4. The largest absolute Gasteiger partial charge is 0.316 e. The van der Waals surface area contributed by atoms with Crippen molar-refractivity contribution >= 4 is 11.8 Å². The maximum Gasteiger partial charge on any atom is 0.0204 e. The number of nitrogens with one attached hydrogen (secondary N) is 1. The molecule has 1 aliphatic rings. The Morgan fingerprint density at radius 2 is 1.81 bits per heavy atom. The van der Waals surface area contributed by atoms with Gasteiger partial charge in [-0.05, 0) is 50.7 Å². The van der Waals surface area contributed by atoms with Gasteiger partial charge in [0.25, 0.3) is 0 Å². The predicted molar refractivity (Wildman–Crippen MR) is 98.3 cm³/mol. The lowest BCUT2D eigenvalue weighted by molar-refractivity contribution is 0.142. The summed E-state index contributed by atoms with van der Waals surface area (Å²) in [4.78, 5) is 2.54. The minimum absolute atomic E-state index is 0.510. The van der Waals surface area contributed by atoms with Gasteiger partial charge in [-0.3, -0.25) is 0 Å². The van der Waals surface area contributed by atoms with Crippen LogP contribution in [0.25, 0.3) is 0 Å². The second kappa shape index (κ2) is 9.42. The zero-order valence-corrected chi connectivity index (χ0v) is 16.1. The van der Waals surface area contributed by atoms with Crippen LogP contribution in [0.4, 0.5) is 0 Å². The molecule has 1 fully saturated rings. The first-order valence-electron chi connectivity index (χ1n) is 8.99. The number of hydrogen-bond acceptors (Lipinski definition) is 3. The lowest BCUT2D eigenvalue weighted by Crippen LogP contribution is -2.44. The molecule has 1 aliphatic carbocycles. The minimum atomic E-state index is 0.510. The van der Waals surface area contributed by atoms with Gasteiger partial charge in [-0.1, -0.05) is 41.0 Å². The maximum atomic E-state index is 3.58. The normalized spacial score (nSPS) is 27.3. The summed E-state index contributed by atoms with van der Waals surface area (Å²) in [5.41, 5.74) is 0.510. The van der Waals surface area contributed by atoms with Gasteiger partial charge < -0.3 is 10.2 Å². The molecule has 0 bridgehead atoms. The van der Waals surface area contributed by atoms with Crippen LogP contribution in [0.1, 0.15) is 60.3 Å². The van der Waals surface area contributed by atoms with Gasteiger partial charge in [-0.25, -0.2) is 0 Å². The van der Waals surface area contributed by atoms with E-state index in [1.807, 2.05) is 0 Å². The fourth-order valence-corrected chi connectivity index (χ4v) is 5.05. The molecule has 3 unspecified atom stereocenters.